The Hall–Kier alpha value is -1.43. The van der Waals surface area contributed by atoms with E-state index in [1.807, 2.05) is 30.3 Å². The number of benzene rings is 1. The van der Waals surface area contributed by atoms with Crippen LogP contribution in [0.4, 0.5) is 0 Å². The normalized spacial score (nSPS) is 15.8. The number of carbonyl (C=O) groups excluding carboxylic acids is 1. The number of amides is 1. The quantitative estimate of drug-likeness (QED) is 0.553. The Labute approximate surface area is 107 Å². The lowest BCUT2D eigenvalue weighted by Gasteiger charge is -2.21. The molecule has 1 aromatic rings. The first-order valence-electron chi connectivity index (χ1n) is 5.93. The van der Waals surface area contributed by atoms with Gasteiger partial charge in [0, 0.05) is 12.5 Å². The van der Waals surface area contributed by atoms with Gasteiger partial charge in [-0.05, 0) is 12.5 Å². The van der Waals surface area contributed by atoms with Gasteiger partial charge >= 0.3 is 0 Å². The topological polar surface area (TPSA) is 95.6 Å². The molecule has 1 rings (SSSR count). The van der Waals surface area contributed by atoms with Gasteiger partial charge in [-0.2, -0.15) is 0 Å². The van der Waals surface area contributed by atoms with Crippen molar-refractivity contribution in [2.45, 2.75) is 25.0 Å². The van der Waals surface area contributed by atoms with Crippen molar-refractivity contribution in [1.82, 2.24) is 5.32 Å². The highest BCUT2D eigenvalue weighted by Crippen LogP contribution is 2.18. The van der Waals surface area contributed by atoms with Gasteiger partial charge in [-0.25, -0.2) is 0 Å². The van der Waals surface area contributed by atoms with E-state index in [4.69, 9.17) is 10.8 Å². The van der Waals surface area contributed by atoms with Crippen LogP contribution in [0.1, 0.15) is 18.4 Å². The molecule has 0 saturated heterocycles. The fraction of sp³-hybridized carbons (Fsp3) is 0.462. The molecule has 0 bridgehead atoms. The van der Waals surface area contributed by atoms with Crippen molar-refractivity contribution in [2.75, 3.05) is 13.2 Å². The molecule has 0 spiro atoms. The Morgan fingerprint density at radius 3 is 2.50 bits per heavy atom. The predicted octanol–water partition coefficient (Wildman–Crippen LogP) is -0.413. The Morgan fingerprint density at radius 2 is 2.00 bits per heavy atom. The lowest BCUT2D eigenvalue weighted by atomic mass is 9.94. The van der Waals surface area contributed by atoms with Crippen molar-refractivity contribution in [1.29, 1.82) is 0 Å². The van der Waals surface area contributed by atoms with Crippen molar-refractivity contribution in [3.8, 4) is 0 Å². The second-order valence-electron chi connectivity index (χ2n) is 4.29. The first-order chi connectivity index (χ1) is 8.56. The molecule has 0 fully saturated rings. The summed E-state index contributed by atoms with van der Waals surface area (Å²) >= 11 is 0. The van der Waals surface area contributed by atoms with E-state index in [2.05, 4.69) is 5.32 Å². The van der Waals surface area contributed by atoms with Crippen LogP contribution in [0.2, 0.25) is 0 Å². The molecular weight excluding hydrogens is 232 g/mol. The van der Waals surface area contributed by atoms with E-state index >= 15 is 0 Å². The van der Waals surface area contributed by atoms with E-state index in [0.29, 0.717) is 0 Å². The van der Waals surface area contributed by atoms with Gasteiger partial charge in [-0.1, -0.05) is 30.3 Å². The zero-order valence-corrected chi connectivity index (χ0v) is 10.4. The highest BCUT2D eigenvalue weighted by molar-refractivity contribution is 5.81. The van der Waals surface area contributed by atoms with E-state index < -0.39 is 24.7 Å². The zero-order chi connectivity index (χ0) is 13.5. The molecule has 1 unspecified atom stereocenters. The van der Waals surface area contributed by atoms with Crippen molar-refractivity contribution in [3.63, 3.8) is 0 Å². The average molecular weight is 252 g/mol. The van der Waals surface area contributed by atoms with Crippen molar-refractivity contribution < 1.29 is 15.0 Å². The SMILES string of the molecule is C[C@H](O)C(CNC(=O)[C@H](N)CO)c1ccccc1. The smallest absolute Gasteiger partial charge is 0.239 e. The van der Waals surface area contributed by atoms with Crippen LogP contribution in [0.3, 0.4) is 0 Å². The molecule has 1 amide bonds. The second kappa shape index (κ2) is 7.10. The van der Waals surface area contributed by atoms with E-state index in [0.717, 1.165) is 5.56 Å². The molecule has 0 aliphatic rings. The molecular formula is C13H20N2O3. The minimum absolute atomic E-state index is 0.193. The van der Waals surface area contributed by atoms with Crippen LogP contribution in [0.5, 0.6) is 0 Å². The Morgan fingerprint density at radius 1 is 1.39 bits per heavy atom. The third-order valence-corrected chi connectivity index (χ3v) is 2.84. The van der Waals surface area contributed by atoms with Gasteiger partial charge in [0.15, 0.2) is 0 Å². The maximum atomic E-state index is 11.5. The second-order valence-corrected chi connectivity index (χ2v) is 4.29. The highest BCUT2D eigenvalue weighted by Gasteiger charge is 2.19. The van der Waals surface area contributed by atoms with Crippen molar-refractivity contribution >= 4 is 5.91 Å². The summed E-state index contributed by atoms with van der Waals surface area (Å²) in [6, 6.07) is 8.53. The Balaban J connectivity index is 2.63. The number of aliphatic hydroxyl groups is 2. The summed E-state index contributed by atoms with van der Waals surface area (Å²) in [5, 5.41) is 21.1. The summed E-state index contributed by atoms with van der Waals surface area (Å²) < 4.78 is 0. The summed E-state index contributed by atoms with van der Waals surface area (Å²) in [6.07, 6.45) is -0.585. The average Bonchev–Trinajstić information content (AvgIpc) is 2.38. The molecule has 0 heterocycles. The number of rotatable bonds is 6. The molecule has 1 aromatic carbocycles. The van der Waals surface area contributed by atoms with Gasteiger partial charge in [0.1, 0.15) is 6.04 Å². The van der Waals surface area contributed by atoms with Crippen LogP contribution in [0, 0.1) is 0 Å². The fourth-order valence-corrected chi connectivity index (χ4v) is 1.69. The minimum Gasteiger partial charge on any atom is -0.394 e. The minimum atomic E-state index is -0.921. The molecule has 0 aliphatic heterocycles. The number of nitrogens with two attached hydrogens (primary N) is 1. The standard InChI is InChI=1S/C13H20N2O3/c1-9(17)11(10-5-3-2-4-6-10)7-15-13(18)12(14)8-16/h2-6,9,11-12,16-17H,7-8,14H2,1H3,(H,15,18)/t9-,11?,12+/m0/s1. The van der Waals surface area contributed by atoms with Gasteiger partial charge in [0.2, 0.25) is 5.91 Å². The van der Waals surface area contributed by atoms with Gasteiger partial charge < -0.3 is 21.3 Å². The number of carbonyl (C=O) groups is 1. The largest absolute Gasteiger partial charge is 0.394 e. The first-order valence-corrected chi connectivity index (χ1v) is 5.93. The molecule has 5 N–H and O–H groups in total. The monoisotopic (exact) mass is 252 g/mol. The summed E-state index contributed by atoms with van der Waals surface area (Å²) in [5.41, 5.74) is 6.34. The number of hydrogen-bond donors (Lipinski definition) is 4. The van der Waals surface area contributed by atoms with Crippen LogP contribution in [0.15, 0.2) is 30.3 Å². The molecule has 5 nitrogen and oxygen atoms in total. The van der Waals surface area contributed by atoms with Gasteiger partial charge in [-0.15, -0.1) is 0 Å². The van der Waals surface area contributed by atoms with E-state index in [-0.39, 0.29) is 12.5 Å². The molecule has 0 radical (unpaired) electrons. The van der Waals surface area contributed by atoms with Gasteiger partial charge in [-0.3, -0.25) is 4.79 Å². The number of hydrogen-bond acceptors (Lipinski definition) is 4. The van der Waals surface area contributed by atoms with Gasteiger partial charge in [0.05, 0.1) is 12.7 Å². The van der Waals surface area contributed by atoms with Crippen molar-refractivity contribution in [3.05, 3.63) is 35.9 Å². The van der Waals surface area contributed by atoms with E-state index in [1.54, 1.807) is 6.92 Å². The van der Waals surface area contributed by atoms with Crippen LogP contribution in [-0.2, 0) is 4.79 Å². The fourth-order valence-electron chi connectivity index (χ4n) is 1.69. The van der Waals surface area contributed by atoms with E-state index in [1.165, 1.54) is 0 Å². The Bertz CT molecular complexity index is 368. The van der Waals surface area contributed by atoms with Crippen molar-refractivity contribution in [2.24, 2.45) is 5.73 Å². The van der Waals surface area contributed by atoms with Crippen LogP contribution >= 0.6 is 0 Å². The predicted molar refractivity (Wildman–Crippen MR) is 68.9 cm³/mol. The lowest BCUT2D eigenvalue weighted by molar-refractivity contribution is -0.123. The molecule has 100 valence electrons. The van der Waals surface area contributed by atoms with Crippen LogP contribution in [0.25, 0.3) is 0 Å². The maximum absolute atomic E-state index is 11.5. The third kappa shape index (κ3) is 4.10. The van der Waals surface area contributed by atoms with E-state index in [9.17, 15) is 9.90 Å². The lowest BCUT2D eigenvalue weighted by Crippen LogP contribution is -2.45. The molecule has 5 heteroatoms. The molecule has 0 aliphatic carbocycles. The summed E-state index contributed by atoms with van der Waals surface area (Å²) in [4.78, 5) is 11.5. The van der Waals surface area contributed by atoms with Crippen LogP contribution < -0.4 is 11.1 Å². The third-order valence-electron chi connectivity index (χ3n) is 2.84. The summed E-state index contributed by atoms with van der Waals surface area (Å²) in [7, 11) is 0. The molecule has 3 atom stereocenters. The maximum Gasteiger partial charge on any atom is 0.239 e. The molecule has 18 heavy (non-hydrogen) atoms. The zero-order valence-electron chi connectivity index (χ0n) is 10.4. The van der Waals surface area contributed by atoms with Gasteiger partial charge in [0.25, 0.3) is 0 Å². The highest BCUT2D eigenvalue weighted by atomic mass is 16.3. The summed E-state index contributed by atoms with van der Waals surface area (Å²) in [5.74, 6) is -0.611. The Kier molecular flexibility index (Phi) is 5.77. The first kappa shape index (κ1) is 14.6. The number of aliphatic hydroxyl groups excluding tert-OH is 2. The molecule has 0 saturated carbocycles. The van der Waals surface area contributed by atoms with Crippen LogP contribution in [-0.4, -0.2) is 41.4 Å². The summed E-state index contributed by atoms with van der Waals surface area (Å²) in [6.45, 7) is 1.57. The number of nitrogens with one attached hydrogen (secondary N) is 1. The molecule has 0 aromatic heterocycles.